The molecule has 0 saturated carbocycles. The van der Waals surface area contributed by atoms with Crippen LogP contribution in [0, 0.1) is 0 Å². The van der Waals surface area contributed by atoms with E-state index in [-0.39, 0.29) is 0 Å². The zero-order valence-corrected chi connectivity index (χ0v) is 11.3. The van der Waals surface area contributed by atoms with Gasteiger partial charge in [0, 0.05) is 16.2 Å². The number of hydrogen-bond donors (Lipinski definition) is 0. The van der Waals surface area contributed by atoms with Crippen molar-refractivity contribution in [2.24, 2.45) is 0 Å². The number of halogens is 1. The fourth-order valence-corrected chi connectivity index (χ4v) is 2.48. The monoisotopic (exact) mass is 275 g/mol. The maximum atomic E-state index is 3.46. The molecule has 0 aromatic carbocycles. The maximum Gasteiger partial charge on any atom is 0.0112 e. The lowest BCUT2D eigenvalue weighted by Gasteiger charge is -2.23. The Morgan fingerprint density at radius 2 is 2.36 bits per heavy atom. The standard InChI is InChI=1S/C11H18BrNS/c1-10(13(2)7-4-6-12)9-11-5-3-8-14-11/h3,5,8,10H,4,6-7,9H2,1-2H3. The average molecular weight is 276 g/mol. The number of likely N-dealkylation sites (N-methyl/N-ethyl adjacent to an activating group) is 1. The first-order valence-electron chi connectivity index (χ1n) is 5.02. The smallest absolute Gasteiger partial charge is 0.0112 e. The molecule has 1 nitrogen and oxygen atoms in total. The van der Waals surface area contributed by atoms with Crippen LogP contribution in [0.2, 0.25) is 0 Å². The molecule has 0 aliphatic rings. The van der Waals surface area contributed by atoms with Gasteiger partial charge in [0.2, 0.25) is 0 Å². The second-order valence-corrected chi connectivity index (χ2v) is 5.48. The van der Waals surface area contributed by atoms with E-state index < -0.39 is 0 Å². The zero-order chi connectivity index (χ0) is 10.4. The van der Waals surface area contributed by atoms with Gasteiger partial charge in [0.15, 0.2) is 0 Å². The van der Waals surface area contributed by atoms with Crippen molar-refractivity contribution >= 4 is 27.3 Å². The average Bonchev–Trinajstić information content (AvgIpc) is 2.66. The highest BCUT2D eigenvalue weighted by molar-refractivity contribution is 9.09. The fraction of sp³-hybridized carbons (Fsp3) is 0.636. The summed E-state index contributed by atoms with van der Waals surface area (Å²) in [5.74, 6) is 0. The normalized spacial score (nSPS) is 13.4. The number of alkyl halides is 1. The first-order valence-corrected chi connectivity index (χ1v) is 7.02. The van der Waals surface area contributed by atoms with Crippen LogP contribution in [0.3, 0.4) is 0 Å². The molecule has 0 amide bonds. The Morgan fingerprint density at radius 1 is 1.57 bits per heavy atom. The predicted octanol–water partition coefficient (Wildman–Crippen LogP) is 3.40. The SMILES string of the molecule is CC(Cc1cccs1)N(C)CCCBr. The van der Waals surface area contributed by atoms with E-state index in [1.54, 1.807) is 0 Å². The van der Waals surface area contributed by atoms with Gasteiger partial charge in [0.1, 0.15) is 0 Å². The van der Waals surface area contributed by atoms with Crippen LogP contribution < -0.4 is 0 Å². The molecule has 1 rings (SSSR count). The van der Waals surface area contributed by atoms with E-state index in [2.05, 4.69) is 52.3 Å². The lowest BCUT2D eigenvalue weighted by atomic mass is 10.2. The van der Waals surface area contributed by atoms with Gasteiger partial charge in [0.25, 0.3) is 0 Å². The quantitative estimate of drug-likeness (QED) is 0.720. The van der Waals surface area contributed by atoms with Crippen LogP contribution in [0.4, 0.5) is 0 Å². The molecule has 1 unspecified atom stereocenters. The van der Waals surface area contributed by atoms with Gasteiger partial charge in [0.05, 0.1) is 0 Å². The van der Waals surface area contributed by atoms with E-state index >= 15 is 0 Å². The van der Waals surface area contributed by atoms with Gasteiger partial charge in [-0.2, -0.15) is 0 Å². The third-order valence-corrected chi connectivity index (χ3v) is 3.93. The molecular weight excluding hydrogens is 258 g/mol. The molecule has 0 spiro atoms. The van der Waals surface area contributed by atoms with Crippen LogP contribution in [-0.2, 0) is 6.42 Å². The Kier molecular flexibility index (Phi) is 5.75. The molecular formula is C11H18BrNS. The molecule has 0 fully saturated rings. The first-order chi connectivity index (χ1) is 6.74. The summed E-state index contributed by atoms with van der Waals surface area (Å²) in [5.41, 5.74) is 0. The number of hydrogen-bond acceptors (Lipinski definition) is 2. The van der Waals surface area contributed by atoms with Crippen LogP contribution in [0.1, 0.15) is 18.2 Å². The Balaban J connectivity index is 2.30. The minimum Gasteiger partial charge on any atom is -0.303 e. The van der Waals surface area contributed by atoms with Gasteiger partial charge in [-0.1, -0.05) is 22.0 Å². The van der Waals surface area contributed by atoms with Crippen molar-refractivity contribution in [3.63, 3.8) is 0 Å². The Labute approximate surface area is 99.3 Å². The van der Waals surface area contributed by atoms with E-state index in [1.807, 2.05) is 11.3 Å². The van der Waals surface area contributed by atoms with Gasteiger partial charge in [-0.25, -0.2) is 0 Å². The van der Waals surface area contributed by atoms with Crippen molar-refractivity contribution in [1.29, 1.82) is 0 Å². The van der Waals surface area contributed by atoms with Gasteiger partial charge >= 0.3 is 0 Å². The molecule has 1 heterocycles. The van der Waals surface area contributed by atoms with Crippen molar-refractivity contribution in [1.82, 2.24) is 4.90 Å². The second kappa shape index (κ2) is 6.59. The molecule has 0 aliphatic heterocycles. The Hall–Kier alpha value is 0.140. The second-order valence-electron chi connectivity index (χ2n) is 3.66. The number of thiophene rings is 1. The van der Waals surface area contributed by atoms with Gasteiger partial charge < -0.3 is 4.90 Å². The molecule has 1 aromatic rings. The minimum absolute atomic E-state index is 0.646. The van der Waals surface area contributed by atoms with E-state index in [0.29, 0.717) is 6.04 Å². The van der Waals surface area contributed by atoms with Crippen molar-refractivity contribution in [3.05, 3.63) is 22.4 Å². The van der Waals surface area contributed by atoms with Crippen molar-refractivity contribution in [2.45, 2.75) is 25.8 Å². The van der Waals surface area contributed by atoms with Crippen molar-refractivity contribution < 1.29 is 0 Å². The van der Waals surface area contributed by atoms with Gasteiger partial charge in [-0.3, -0.25) is 0 Å². The first kappa shape index (κ1) is 12.2. The summed E-state index contributed by atoms with van der Waals surface area (Å²) in [6, 6.07) is 5.00. The summed E-state index contributed by atoms with van der Waals surface area (Å²) in [5, 5.41) is 3.25. The third-order valence-electron chi connectivity index (χ3n) is 2.47. The highest BCUT2D eigenvalue weighted by Gasteiger charge is 2.09. The topological polar surface area (TPSA) is 3.24 Å². The third kappa shape index (κ3) is 4.11. The Morgan fingerprint density at radius 3 is 2.93 bits per heavy atom. The van der Waals surface area contributed by atoms with Crippen LogP contribution in [0.15, 0.2) is 17.5 Å². The molecule has 0 saturated heterocycles. The fourth-order valence-electron chi connectivity index (χ4n) is 1.41. The minimum atomic E-state index is 0.646. The largest absolute Gasteiger partial charge is 0.303 e. The summed E-state index contributed by atoms with van der Waals surface area (Å²) < 4.78 is 0. The van der Waals surface area contributed by atoms with E-state index in [0.717, 1.165) is 5.33 Å². The lowest BCUT2D eigenvalue weighted by Crippen LogP contribution is -2.31. The highest BCUT2D eigenvalue weighted by atomic mass is 79.9. The summed E-state index contributed by atoms with van der Waals surface area (Å²) >= 11 is 5.32. The molecule has 1 aromatic heterocycles. The molecule has 14 heavy (non-hydrogen) atoms. The lowest BCUT2D eigenvalue weighted by molar-refractivity contribution is 0.259. The number of nitrogens with zero attached hydrogens (tertiary/aromatic N) is 1. The van der Waals surface area contributed by atoms with Crippen LogP contribution >= 0.6 is 27.3 Å². The molecule has 0 bridgehead atoms. The van der Waals surface area contributed by atoms with E-state index in [4.69, 9.17) is 0 Å². The summed E-state index contributed by atoms with van der Waals surface area (Å²) in [6.45, 7) is 3.48. The van der Waals surface area contributed by atoms with Crippen molar-refractivity contribution in [3.8, 4) is 0 Å². The molecule has 0 N–H and O–H groups in total. The molecule has 1 atom stereocenters. The summed E-state index contributed by atoms with van der Waals surface area (Å²) in [4.78, 5) is 3.92. The van der Waals surface area contributed by atoms with Crippen LogP contribution in [-0.4, -0.2) is 29.9 Å². The molecule has 0 radical (unpaired) electrons. The highest BCUT2D eigenvalue weighted by Crippen LogP contribution is 2.13. The van der Waals surface area contributed by atoms with Gasteiger partial charge in [-0.05, 0) is 44.8 Å². The van der Waals surface area contributed by atoms with E-state index in [9.17, 15) is 0 Å². The van der Waals surface area contributed by atoms with Crippen LogP contribution in [0.25, 0.3) is 0 Å². The van der Waals surface area contributed by atoms with Crippen LogP contribution in [0.5, 0.6) is 0 Å². The Bertz CT molecular complexity index is 235. The van der Waals surface area contributed by atoms with E-state index in [1.165, 1.54) is 24.3 Å². The summed E-state index contributed by atoms with van der Waals surface area (Å²) in [7, 11) is 2.21. The zero-order valence-electron chi connectivity index (χ0n) is 8.87. The predicted molar refractivity (Wildman–Crippen MR) is 68.5 cm³/mol. The maximum absolute atomic E-state index is 3.46. The summed E-state index contributed by atoms with van der Waals surface area (Å²) in [6.07, 6.45) is 2.40. The molecule has 3 heteroatoms. The van der Waals surface area contributed by atoms with Crippen molar-refractivity contribution in [2.75, 3.05) is 18.9 Å². The molecule has 80 valence electrons. The number of rotatable bonds is 6. The van der Waals surface area contributed by atoms with Gasteiger partial charge in [-0.15, -0.1) is 11.3 Å². The molecule has 0 aliphatic carbocycles.